The van der Waals surface area contributed by atoms with Gasteiger partial charge in [-0.25, -0.2) is 0 Å². The molecule has 0 N–H and O–H groups in total. The Bertz CT molecular complexity index is 591. The molecule has 0 saturated heterocycles. The summed E-state index contributed by atoms with van der Waals surface area (Å²) in [6, 6.07) is 21.8. The molecular weight excluding hydrogens is 559 g/mol. The number of hydrogen-bond donors (Lipinski definition) is 0. The molecule has 0 aromatic heterocycles. The lowest BCUT2D eigenvalue weighted by Crippen LogP contribution is -1.86. The van der Waals surface area contributed by atoms with Gasteiger partial charge in [0, 0.05) is 0 Å². The van der Waals surface area contributed by atoms with E-state index in [0.717, 1.165) is 0 Å². The molecular formula is C36H61I. The molecule has 1 heteroatoms. The summed E-state index contributed by atoms with van der Waals surface area (Å²) < 4.78 is 0. The number of hydrogen-bond acceptors (Lipinski definition) is 0. The van der Waals surface area contributed by atoms with Crippen molar-refractivity contribution in [1.29, 1.82) is 0 Å². The maximum atomic E-state index is 2.28. The molecule has 0 fully saturated rings. The van der Waals surface area contributed by atoms with E-state index in [0.29, 0.717) is 0 Å². The molecule has 2 aromatic rings. The van der Waals surface area contributed by atoms with Crippen molar-refractivity contribution in [2.45, 2.75) is 155 Å². The highest BCUT2D eigenvalue weighted by Crippen LogP contribution is 2.13. The first kappa shape index (κ1) is 36.2. The normalized spacial score (nSPS) is 10.4. The molecule has 0 amide bonds. The maximum Gasteiger partial charge on any atom is -0.0279 e. The van der Waals surface area contributed by atoms with Crippen molar-refractivity contribution in [3.05, 3.63) is 71.8 Å². The van der Waals surface area contributed by atoms with Gasteiger partial charge >= 0.3 is 0 Å². The van der Waals surface area contributed by atoms with Crippen molar-refractivity contribution in [3.8, 4) is 0 Å². The molecule has 0 aliphatic rings. The number of aryl methyl sites for hydroxylation is 2. The molecule has 212 valence electrons. The average Bonchev–Trinajstić information content (AvgIpc) is 2.92. The molecule has 0 nitrogen and oxygen atoms in total. The molecule has 0 unspecified atom stereocenters. The molecule has 0 heterocycles. The highest BCUT2D eigenvalue weighted by molar-refractivity contribution is 14.0. The first-order valence-corrected chi connectivity index (χ1v) is 15.9. The summed E-state index contributed by atoms with van der Waals surface area (Å²) in [7, 11) is 0. The Kier molecular flexibility index (Phi) is 29.1. The highest BCUT2D eigenvalue weighted by Gasteiger charge is 1.95. The second-order valence-corrected chi connectivity index (χ2v) is 10.8. The van der Waals surface area contributed by atoms with Crippen molar-refractivity contribution in [3.63, 3.8) is 0 Å². The molecule has 0 atom stereocenters. The van der Waals surface area contributed by atoms with Crippen molar-refractivity contribution in [1.82, 2.24) is 0 Å². The second-order valence-electron chi connectivity index (χ2n) is 10.8. The summed E-state index contributed by atoms with van der Waals surface area (Å²) in [6.07, 6.45) is 31.0. The minimum Gasteiger partial charge on any atom is -0.107 e. The molecule has 0 saturated carbocycles. The third-order valence-electron chi connectivity index (χ3n) is 7.32. The van der Waals surface area contributed by atoms with Gasteiger partial charge in [-0.3, -0.25) is 0 Å². The molecule has 0 aliphatic carbocycles. The monoisotopic (exact) mass is 620 g/mol. The van der Waals surface area contributed by atoms with E-state index in [1.165, 1.54) is 152 Å². The minimum atomic E-state index is 0. The van der Waals surface area contributed by atoms with Crippen LogP contribution in [0, 0.1) is 0 Å². The maximum absolute atomic E-state index is 2.28. The van der Waals surface area contributed by atoms with E-state index in [1.54, 1.807) is 0 Å². The Labute approximate surface area is 249 Å². The van der Waals surface area contributed by atoms with E-state index in [9.17, 15) is 0 Å². The third kappa shape index (κ3) is 25.2. The van der Waals surface area contributed by atoms with Crippen LogP contribution < -0.4 is 0 Å². The zero-order chi connectivity index (χ0) is 25.8. The van der Waals surface area contributed by atoms with E-state index in [4.69, 9.17) is 0 Å². The standard InChI is InChI=1S/2C18H30.HI/c2*1-2-3-4-5-6-7-8-9-10-12-15-18-16-13-11-14-17-18;/h2*11,13-14,16-17H,2-10,12,15H2,1H3;1H. The molecule has 0 spiro atoms. The lowest BCUT2D eigenvalue weighted by atomic mass is 10.0. The van der Waals surface area contributed by atoms with Crippen LogP contribution >= 0.6 is 24.0 Å². The van der Waals surface area contributed by atoms with Gasteiger partial charge < -0.3 is 0 Å². The van der Waals surface area contributed by atoms with Crippen LogP contribution in [0.1, 0.15) is 153 Å². The lowest BCUT2D eigenvalue weighted by Gasteiger charge is -2.03. The van der Waals surface area contributed by atoms with Crippen LogP contribution in [-0.2, 0) is 12.8 Å². The fourth-order valence-electron chi connectivity index (χ4n) is 4.92. The molecule has 2 aromatic carbocycles. The predicted octanol–water partition coefficient (Wildman–Crippen LogP) is 12.9. The topological polar surface area (TPSA) is 0 Å². The van der Waals surface area contributed by atoms with Gasteiger partial charge in [0.15, 0.2) is 0 Å². The van der Waals surface area contributed by atoms with Crippen molar-refractivity contribution >= 4 is 24.0 Å². The van der Waals surface area contributed by atoms with Crippen LogP contribution in [0.4, 0.5) is 0 Å². The quantitative estimate of drug-likeness (QED) is 0.0907. The van der Waals surface area contributed by atoms with Gasteiger partial charge in [0.05, 0.1) is 0 Å². The second kappa shape index (κ2) is 29.7. The van der Waals surface area contributed by atoms with Crippen molar-refractivity contribution in [2.24, 2.45) is 0 Å². The van der Waals surface area contributed by atoms with Crippen LogP contribution in [-0.4, -0.2) is 0 Å². The molecule has 0 bridgehead atoms. The van der Waals surface area contributed by atoms with Gasteiger partial charge in [0.2, 0.25) is 0 Å². The van der Waals surface area contributed by atoms with Gasteiger partial charge in [-0.1, -0.05) is 190 Å². The number of benzene rings is 2. The van der Waals surface area contributed by atoms with Crippen LogP contribution in [0.15, 0.2) is 60.7 Å². The fraction of sp³-hybridized carbons (Fsp3) is 0.667. The van der Waals surface area contributed by atoms with Gasteiger partial charge in [0.1, 0.15) is 0 Å². The van der Waals surface area contributed by atoms with E-state index < -0.39 is 0 Å². The Morgan fingerprint density at radius 2 is 0.568 bits per heavy atom. The summed E-state index contributed by atoms with van der Waals surface area (Å²) in [6.45, 7) is 4.57. The fourth-order valence-corrected chi connectivity index (χ4v) is 4.92. The summed E-state index contributed by atoms with van der Waals surface area (Å²) in [5, 5.41) is 0. The SMILES string of the molecule is CCCCCCCCCCCCc1ccccc1.CCCCCCCCCCCCc1ccccc1.I. The number of rotatable bonds is 22. The minimum absolute atomic E-state index is 0. The van der Waals surface area contributed by atoms with Crippen LogP contribution in [0.3, 0.4) is 0 Å². The zero-order valence-corrected chi connectivity index (χ0v) is 27.1. The molecule has 37 heavy (non-hydrogen) atoms. The third-order valence-corrected chi connectivity index (χ3v) is 7.32. The van der Waals surface area contributed by atoms with E-state index in [2.05, 4.69) is 74.5 Å². The summed E-state index contributed by atoms with van der Waals surface area (Å²) in [5.74, 6) is 0. The Hall–Kier alpha value is -0.830. The molecule has 0 aliphatic heterocycles. The van der Waals surface area contributed by atoms with Crippen LogP contribution in [0.2, 0.25) is 0 Å². The van der Waals surface area contributed by atoms with Crippen LogP contribution in [0.5, 0.6) is 0 Å². The summed E-state index contributed by atoms with van der Waals surface area (Å²) >= 11 is 0. The van der Waals surface area contributed by atoms with Crippen LogP contribution in [0.25, 0.3) is 0 Å². The first-order valence-electron chi connectivity index (χ1n) is 15.9. The van der Waals surface area contributed by atoms with Crippen molar-refractivity contribution < 1.29 is 0 Å². The first-order chi connectivity index (χ1) is 17.9. The van der Waals surface area contributed by atoms with Gasteiger partial charge in [-0.2, -0.15) is 0 Å². The van der Waals surface area contributed by atoms with Gasteiger partial charge in [0.25, 0.3) is 0 Å². The largest absolute Gasteiger partial charge is 0.107 e. The Morgan fingerprint density at radius 1 is 0.324 bits per heavy atom. The molecule has 0 radical (unpaired) electrons. The molecule has 2 rings (SSSR count). The van der Waals surface area contributed by atoms with Gasteiger partial charge in [-0.05, 0) is 36.8 Å². The zero-order valence-electron chi connectivity index (χ0n) is 24.7. The number of unbranched alkanes of at least 4 members (excludes halogenated alkanes) is 18. The summed E-state index contributed by atoms with van der Waals surface area (Å²) in [5.41, 5.74) is 2.99. The van der Waals surface area contributed by atoms with E-state index in [1.807, 2.05) is 0 Å². The van der Waals surface area contributed by atoms with Gasteiger partial charge in [-0.15, -0.1) is 24.0 Å². The highest BCUT2D eigenvalue weighted by atomic mass is 127. The average molecular weight is 621 g/mol. The van der Waals surface area contributed by atoms with Crippen molar-refractivity contribution in [2.75, 3.05) is 0 Å². The lowest BCUT2D eigenvalue weighted by molar-refractivity contribution is 0.556. The van der Waals surface area contributed by atoms with E-state index >= 15 is 0 Å². The predicted molar refractivity (Wildman–Crippen MR) is 179 cm³/mol. The van der Waals surface area contributed by atoms with E-state index in [-0.39, 0.29) is 24.0 Å². The smallest absolute Gasteiger partial charge is 0.0279 e. The Morgan fingerprint density at radius 3 is 0.838 bits per heavy atom. The Balaban J connectivity index is 0.000000682. The summed E-state index contributed by atoms with van der Waals surface area (Å²) in [4.78, 5) is 0. The number of halogens is 1.